The number of hydrogen-bond acceptors (Lipinski definition) is 5. The van der Waals surface area contributed by atoms with Crippen LogP contribution in [0.15, 0.2) is 23.5 Å². The maximum Gasteiger partial charge on any atom is 0.189 e. The standard InChI is InChI=1S/C13H20N4O2/c1-19-11-5-3-7-17(9-11)8-10-4-2-6-15-12(10)13(14)16-18/h2,4,6,11,18H,3,5,7-9H2,1H3,(H2,14,16). The Hall–Kier alpha value is -1.66. The first-order valence-corrected chi connectivity index (χ1v) is 6.41. The van der Waals surface area contributed by atoms with Gasteiger partial charge in [-0.15, -0.1) is 0 Å². The van der Waals surface area contributed by atoms with Crippen LogP contribution in [0.25, 0.3) is 0 Å². The SMILES string of the molecule is COC1CCCN(Cc2cccnc2/C(N)=N/O)C1. The van der Waals surface area contributed by atoms with Gasteiger partial charge in [-0.2, -0.15) is 0 Å². The average molecular weight is 264 g/mol. The summed E-state index contributed by atoms with van der Waals surface area (Å²) < 4.78 is 5.41. The Bertz CT molecular complexity index is 450. The molecule has 1 aliphatic rings. The fourth-order valence-corrected chi connectivity index (χ4v) is 2.43. The highest BCUT2D eigenvalue weighted by molar-refractivity contribution is 5.96. The number of ether oxygens (including phenoxy) is 1. The van der Waals surface area contributed by atoms with Gasteiger partial charge in [-0.05, 0) is 31.0 Å². The summed E-state index contributed by atoms with van der Waals surface area (Å²) in [5.74, 6) is 0.0518. The Morgan fingerprint density at radius 3 is 3.26 bits per heavy atom. The second kappa shape index (κ2) is 6.49. The van der Waals surface area contributed by atoms with Crippen molar-refractivity contribution in [2.45, 2.75) is 25.5 Å². The molecule has 1 saturated heterocycles. The van der Waals surface area contributed by atoms with Gasteiger partial charge in [0.1, 0.15) is 5.69 Å². The van der Waals surface area contributed by atoms with Crippen molar-refractivity contribution in [3.63, 3.8) is 0 Å². The number of pyridine rings is 1. The van der Waals surface area contributed by atoms with E-state index in [1.165, 1.54) is 0 Å². The van der Waals surface area contributed by atoms with E-state index in [9.17, 15) is 0 Å². The van der Waals surface area contributed by atoms with Crippen LogP contribution in [0.3, 0.4) is 0 Å². The number of amidine groups is 1. The summed E-state index contributed by atoms with van der Waals surface area (Å²) in [5, 5.41) is 11.8. The number of nitrogens with zero attached hydrogens (tertiary/aromatic N) is 3. The van der Waals surface area contributed by atoms with Gasteiger partial charge in [0.05, 0.1) is 6.10 Å². The number of aromatic nitrogens is 1. The van der Waals surface area contributed by atoms with Crippen molar-refractivity contribution in [2.75, 3.05) is 20.2 Å². The molecule has 2 rings (SSSR count). The van der Waals surface area contributed by atoms with Gasteiger partial charge >= 0.3 is 0 Å². The van der Waals surface area contributed by atoms with Gasteiger partial charge in [-0.1, -0.05) is 11.2 Å². The number of oxime groups is 1. The molecule has 1 aromatic heterocycles. The molecule has 2 heterocycles. The summed E-state index contributed by atoms with van der Waals surface area (Å²) in [4.78, 5) is 6.49. The van der Waals surface area contributed by atoms with E-state index in [1.54, 1.807) is 13.3 Å². The van der Waals surface area contributed by atoms with Gasteiger partial charge in [0, 0.05) is 26.4 Å². The maximum atomic E-state index is 8.79. The molecule has 0 amide bonds. The molecule has 6 heteroatoms. The molecule has 104 valence electrons. The Kier molecular flexibility index (Phi) is 4.70. The van der Waals surface area contributed by atoms with E-state index >= 15 is 0 Å². The number of methoxy groups -OCH3 is 1. The van der Waals surface area contributed by atoms with Crippen molar-refractivity contribution < 1.29 is 9.94 Å². The fourth-order valence-electron chi connectivity index (χ4n) is 2.43. The van der Waals surface area contributed by atoms with Gasteiger partial charge < -0.3 is 15.7 Å². The Labute approximate surface area is 112 Å². The van der Waals surface area contributed by atoms with Crippen molar-refractivity contribution in [3.8, 4) is 0 Å². The van der Waals surface area contributed by atoms with E-state index in [1.807, 2.05) is 12.1 Å². The predicted molar refractivity (Wildman–Crippen MR) is 72.1 cm³/mol. The number of nitrogens with two attached hydrogens (primary N) is 1. The number of likely N-dealkylation sites (tertiary alicyclic amines) is 1. The van der Waals surface area contributed by atoms with Crippen molar-refractivity contribution in [1.29, 1.82) is 0 Å². The van der Waals surface area contributed by atoms with E-state index in [-0.39, 0.29) is 11.9 Å². The number of hydrogen-bond donors (Lipinski definition) is 2. The maximum absolute atomic E-state index is 8.79. The predicted octanol–water partition coefficient (Wildman–Crippen LogP) is 0.787. The smallest absolute Gasteiger partial charge is 0.189 e. The summed E-state index contributed by atoms with van der Waals surface area (Å²) in [5.41, 5.74) is 7.16. The summed E-state index contributed by atoms with van der Waals surface area (Å²) in [6, 6.07) is 3.82. The normalized spacial score (nSPS) is 21.5. The molecule has 0 aromatic carbocycles. The van der Waals surface area contributed by atoms with Gasteiger partial charge in [0.2, 0.25) is 0 Å². The zero-order valence-electron chi connectivity index (χ0n) is 11.1. The number of rotatable bonds is 4. The molecule has 0 bridgehead atoms. The lowest BCUT2D eigenvalue weighted by Gasteiger charge is -2.32. The first kappa shape index (κ1) is 13.8. The molecular weight excluding hydrogens is 244 g/mol. The van der Waals surface area contributed by atoms with Crippen LogP contribution in [0.4, 0.5) is 0 Å². The van der Waals surface area contributed by atoms with Gasteiger partial charge in [-0.3, -0.25) is 9.88 Å². The second-order valence-electron chi connectivity index (χ2n) is 4.73. The third-order valence-corrected chi connectivity index (χ3v) is 3.43. The highest BCUT2D eigenvalue weighted by Gasteiger charge is 2.20. The number of piperidine rings is 1. The summed E-state index contributed by atoms with van der Waals surface area (Å²) in [6.07, 6.45) is 4.16. The molecule has 1 atom stereocenters. The third kappa shape index (κ3) is 3.42. The minimum atomic E-state index is 0.0518. The molecule has 0 spiro atoms. The molecule has 1 fully saturated rings. The molecule has 0 radical (unpaired) electrons. The zero-order valence-corrected chi connectivity index (χ0v) is 11.1. The molecular formula is C13H20N4O2. The molecule has 1 aliphatic heterocycles. The van der Waals surface area contributed by atoms with Crippen LogP contribution in [-0.2, 0) is 11.3 Å². The van der Waals surface area contributed by atoms with Gasteiger partial charge in [0.15, 0.2) is 5.84 Å². The zero-order chi connectivity index (χ0) is 13.7. The van der Waals surface area contributed by atoms with Crippen LogP contribution < -0.4 is 5.73 Å². The molecule has 0 aliphatic carbocycles. The lowest BCUT2D eigenvalue weighted by Crippen LogP contribution is -2.39. The van der Waals surface area contributed by atoms with Crippen LogP contribution in [0, 0.1) is 0 Å². The van der Waals surface area contributed by atoms with Crippen LogP contribution in [-0.4, -0.2) is 47.2 Å². The van der Waals surface area contributed by atoms with Crippen molar-refractivity contribution in [2.24, 2.45) is 10.9 Å². The molecule has 3 N–H and O–H groups in total. The average Bonchev–Trinajstić information content (AvgIpc) is 2.47. The summed E-state index contributed by atoms with van der Waals surface area (Å²) in [7, 11) is 1.75. The highest BCUT2D eigenvalue weighted by Crippen LogP contribution is 2.16. The Morgan fingerprint density at radius 2 is 2.53 bits per heavy atom. The third-order valence-electron chi connectivity index (χ3n) is 3.43. The van der Waals surface area contributed by atoms with Crippen LogP contribution in [0.5, 0.6) is 0 Å². The van der Waals surface area contributed by atoms with Gasteiger partial charge in [-0.25, -0.2) is 0 Å². The molecule has 1 aromatic rings. The van der Waals surface area contributed by atoms with Crippen LogP contribution in [0.1, 0.15) is 24.1 Å². The Morgan fingerprint density at radius 1 is 1.68 bits per heavy atom. The quantitative estimate of drug-likeness (QED) is 0.363. The monoisotopic (exact) mass is 264 g/mol. The molecule has 19 heavy (non-hydrogen) atoms. The van der Waals surface area contributed by atoms with Crippen LogP contribution in [0.2, 0.25) is 0 Å². The van der Waals surface area contributed by atoms with E-state index < -0.39 is 0 Å². The van der Waals surface area contributed by atoms with Crippen molar-refractivity contribution in [3.05, 3.63) is 29.6 Å². The highest BCUT2D eigenvalue weighted by atomic mass is 16.5. The van der Waals surface area contributed by atoms with Crippen molar-refractivity contribution >= 4 is 5.84 Å². The summed E-state index contributed by atoms with van der Waals surface area (Å²) >= 11 is 0. The molecule has 0 saturated carbocycles. The first-order valence-electron chi connectivity index (χ1n) is 6.41. The van der Waals surface area contributed by atoms with Crippen molar-refractivity contribution in [1.82, 2.24) is 9.88 Å². The topological polar surface area (TPSA) is 84.0 Å². The lowest BCUT2D eigenvalue weighted by molar-refractivity contribution is 0.0285. The lowest BCUT2D eigenvalue weighted by atomic mass is 10.1. The Balaban J connectivity index is 2.10. The summed E-state index contributed by atoms with van der Waals surface area (Å²) in [6.45, 7) is 2.67. The molecule has 6 nitrogen and oxygen atoms in total. The van der Waals surface area contributed by atoms with E-state index in [0.29, 0.717) is 5.69 Å². The first-order chi connectivity index (χ1) is 9.24. The minimum absolute atomic E-state index is 0.0518. The largest absolute Gasteiger partial charge is 0.409 e. The van der Waals surface area contributed by atoms with E-state index in [2.05, 4.69) is 15.0 Å². The minimum Gasteiger partial charge on any atom is -0.409 e. The fraction of sp³-hybridized carbons (Fsp3) is 0.538. The second-order valence-corrected chi connectivity index (χ2v) is 4.73. The molecule has 1 unspecified atom stereocenters. The van der Waals surface area contributed by atoms with Gasteiger partial charge in [0.25, 0.3) is 0 Å². The van der Waals surface area contributed by atoms with E-state index in [0.717, 1.165) is 38.0 Å². The van der Waals surface area contributed by atoms with E-state index in [4.69, 9.17) is 15.7 Å². The van der Waals surface area contributed by atoms with Crippen LogP contribution >= 0.6 is 0 Å².